The third kappa shape index (κ3) is 6.20. The molecular weight excluding hydrogens is 438 g/mol. The van der Waals surface area contributed by atoms with Gasteiger partial charge in [0.1, 0.15) is 25.1 Å². The van der Waals surface area contributed by atoms with Crippen LogP contribution < -0.4 is 0 Å². The summed E-state index contributed by atoms with van der Waals surface area (Å²) in [6.45, 7) is 4.43. The van der Waals surface area contributed by atoms with E-state index in [1.807, 2.05) is 67.8 Å². The van der Waals surface area contributed by atoms with E-state index in [-0.39, 0.29) is 0 Å². The van der Waals surface area contributed by atoms with Crippen LogP contribution in [-0.2, 0) is 16.1 Å². The molecule has 0 radical (unpaired) electrons. The number of hydrogen-bond donors (Lipinski definition) is 0. The van der Waals surface area contributed by atoms with E-state index >= 15 is 0 Å². The van der Waals surface area contributed by atoms with Gasteiger partial charge in [-0.2, -0.15) is 0 Å². The van der Waals surface area contributed by atoms with Crippen molar-refractivity contribution < 1.29 is 9.68 Å². The van der Waals surface area contributed by atoms with E-state index in [9.17, 15) is 0 Å². The third-order valence-electron chi connectivity index (χ3n) is 5.49. The SMILES string of the molecule is CON=C(C)c1cccc(CCCON=C(c2ccc(-n3cccc3)c(C)c2)c2ccccn2)n1. The van der Waals surface area contributed by atoms with Gasteiger partial charge in [-0.05, 0) is 80.8 Å². The largest absolute Gasteiger partial charge is 0.399 e. The first-order valence-electron chi connectivity index (χ1n) is 11.6. The molecule has 0 unspecified atom stereocenters. The lowest BCUT2D eigenvalue weighted by Gasteiger charge is -2.11. The number of pyridine rings is 2. The molecular formula is C28H29N5O2. The van der Waals surface area contributed by atoms with E-state index in [2.05, 4.69) is 50.0 Å². The smallest absolute Gasteiger partial charge is 0.135 e. The van der Waals surface area contributed by atoms with Crippen LogP contribution in [-0.4, -0.2) is 39.7 Å². The number of oxime groups is 2. The molecule has 0 saturated carbocycles. The average molecular weight is 468 g/mol. The number of aryl methyl sites for hydroxylation is 2. The molecule has 4 rings (SSSR count). The van der Waals surface area contributed by atoms with Crippen molar-refractivity contribution in [3.63, 3.8) is 0 Å². The topological polar surface area (TPSA) is 73.9 Å². The number of benzene rings is 1. The second-order valence-corrected chi connectivity index (χ2v) is 8.06. The maximum absolute atomic E-state index is 5.76. The van der Waals surface area contributed by atoms with Gasteiger partial charge in [-0.1, -0.05) is 28.5 Å². The Kier molecular flexibility index (Phi) is 8.01. The van der Waals surface area contributed by atoms with Crippen molar-refractivity contribution in [1.29, 1.82) is 0 Å². The first kappa shape index (κ1) is 23.9. The highest BCUT2D eigenvalue weighted by atomic mass is 16.6. The van der Waals surface area contributed by atoms with Gasteiger partial charge in [0, 0.05) is 35.5 Å². The van der Waals surface area contributed by atoms with Crippen molar-refractivity contribution >= 4 is 11.4 Å². The summed E-state index contributed by atoms with van der Waals surface area (Å²) < 4.78 is 2.10. The zero-order valence-electron chi connectivity index (χ0n) is 20.3. The molecule has 0 amide bonds. The van der Waals surface area contributed by atoms with Gasteiger partial charge in [-0.15, -0.1) is 0 Å². The number of nitrogens with zero attached hydrogens (tertiary/aromatic N) is 5. The molecule has 7 heteroatoms. The van der Waals surface area contributed by atoms with Gasteiger partial charge in [0.05, 0.1) is 11.4 Å². The van der Waals surface area contributed by atoms with Crippen molar-refractivity contribution in [2.24, 2.45) is 10.3 Å². The minimum absolute atomic E-state index is 0.466. The van der Waals surface area contributed by atoms with E-state index in [4.69, 9.17) is 9.68 Å². The molecule has 0 aliphatic rings. The summed E-state index contributed by atoms with van der Waals surface area (Å²) in [7, 11) is 1.53. The van der Waals surface area contributed by atoms with E-state index in [1.165, 1.54) is 7.11 Å². The van der Waals surface area contributed by atoms with Crippen LogP contribution in [0.1, 0.15) is 41.6 Å². The van der Waals surface area contributed by atoms with Gasteiger partial charge >= 0.3 is 0 Å². The molecule has 3 heterocycles. The summed E-state index contributed by atoms with van der Waals surface area (Å²) in [6.07, 6.45) is 7.39. The van der Waals surface area contributed by atoms with Crippen molar-refractivity contribution in [3.05, 3.63) is 114 Å². The Morgan fingerprint density at radius 1 is 0.943 bits per heavy atom. The average Bonchev–Trinajstić information content (AvgIpc) is 3.42. The highest BCUT2D eigenvalue weighted by Gasteiger charge is 2.12. The Labute approximate surface area is 205 Å². The van der Waals surface area contributed by atoms with Gasteiger partial charge in [-0.3, -0.25) is 9.97 Å². The van der Waals surface area contributed by atoms with E-state index in [1.54, 1.807) is 6.20 Å². The van der Waals surface area contributed by atoms with Crippen LogP contribution in [0.15, 0.2) is 95.6 Å². The summed E-state index contributed by atoms with van der Waals surface area (Å²) in [5, 5.41) is 8.44. The first-order chi connectivity index (χ1) is 17.2. The number of hydrogen-bond acceptors (Lipinski definition) is 6. The Morgan fingerprint density at radius 2 is 1.77 bits per heavy atom. The summed E-state index contributed by atoms with van der Waals surface area (Å²) >= 11 is 0. The number of aromatic nitrogens is 3. The summed E-state index contributed by atoms with van der Waals surface area (Å²) in [4.78, 5) is 19.7. The number of rotatable bonds is 10. The molecule has 4 aromatic rings. The molecule has 0 aliphatic carbocycles. The maximum atomic E-state index is 5.76. The van der Waals surface area contributed by atoms with Crippen LogP contribution in [0.2, 0.25) is 0 Å². The second-order valence-electron chi connectivity index (χ2n) is 8.06. The monoisotopic (exact) mass is 467 g/mol. The molecule has 0 N–H and O–H groups in total. The Morgan fingerprint density at radius 3 is 2.51 bits per heavy atom. The van der Waals surface area contributed by atoms with Gasteiger partial charge in [0.15, 0.2) is 0 Å². The van der Waals surface area contributed by atoms with Crippen molar-refractivity contribution in [2.45, 2.75) is 26.7 Å². The molecule has 0 atom stereocenters. The Bertz CT molecular complexity index is 1300. The minimum Gasteiger partial charge on any atom is -0.399 e. The first-order valence-corrected chi connectivity index (χ1v) is 11.6. The van der Waals surface area contributed by atoms with Gasteiger partial charge in [0.2, 0.25) is 0 Å². The van der Waals surface area contributed by atoms with E-state index in [0.717, 1.165) is 52.4 Å². The van der Waals surface area contributed by atoms with E-state index in [0.29, 0.717) is 12.3 Å². The van der Waals surface area contributed by atoms with Crippen LogP contribution in [0.25, 0.3) is 5.69 Å². The minimum atomic E-state index is 0.466. The molecule has 0 fully saturated rings. The molecule has 35 heavy (non-hydrogen) atoms. The maximum Gasteiger partial charge on any atom is 0.135 e. The highest BCUT2D eigenvalue weighted by molar-refractivity contribution is 6.11. The van der Waals surface area contributed by atoms with Crippen molar-refractivity contribution in [3.8, 4) is 5.69 Å². The fourth-order valence-corrected chi connectivity index (χ4v) is 3.77. The zero-order valence-corrected chi connectivity index (χ0v) is 20.3. The molecule has 0 saturated heterocycles. The Hall–Kier alpha value is -4.26. The predicted molar refractivity (Wildman–Crippen MR) is 138 cm³/mol. The molecule has 1 aromatic carbocycles. The van der Waals surface area contributed by atoms with Crippen LogP contribution in [0.3, 0.4) is 0 Å². The van der Waals surface area contributed by atoms with Crippen LogP contribution in [0.5, 0.6) is 0 Å². The zero-order chi connectivity index (χ0) is 24.5. The lowest BCUT2D eigenvalue weighted by molar-refractivity contribution is 0.142. The van der Waals surface area contributed by atoms with Gasteiger partial charge < -0.3 is 14.2 Å². The summed E-state index contributed by atoms with van der Waals surface area (Å²) in [5.41, 5.74) is 7.22. The highest BCUT2D eigenvalue weighted by Crippen LogP contribution is 2.19. The van der Waals surface area contributed by atoms with Crippen LogP contribution >= 0.6 is 0 Å². The molecule has 3 aromatic heterocycles. The fraction of sp³-hybridized carbons (Fsp3) is 0.214. The normalized spacial score (nSPS) is 12.0. The van der Waals surface area contributed by atoms with Gasteiger partial charge in [-0.25, -0.2) is 0 Å². The van der Waals surface area contributed by atoms with Crippen molar-refractivity contribution in [1.82, 2.24) is 14.5 Å². The molecule has 178 valence electrons. The standard InChI is InChI=1S/C28H29N5O2/c1-21-20-23(14-15-27(21)33-17-6-7-18-33)28(26-12-4-5-16-29-26)32-35-19-9-11-24-10-8-13-25(30-24)22(2)31-34-3/h4-8,10,12-18,20H,9,11,19H2,1-3H3. The van der Waals surface area contributed by atoms with Crippen LogP contribution in [0, 0.1) is 6.92 Å². The van der Waals surface area contributed by atoms with Gasteiger partial charge in [0.25, 0.3) is 0 Å². The Balaban J connectivity index is 1.46. The van der Waals surface area contributed by atoms with Crippen molar-refractivity contribution in [2.75, 3.05) is 13.7 Å². The second kappa shape index (κ2) is 11.7. The quantitative estimate of drug-likeness (QED) is 0.179. The lowest BCUT2D eigenvalue weighted by atomic mass is 10.0. The fourth-order valence-electron chi connectivity index (χ4n) is 3.77. The molecule has 0 aliphatic heterocycles. The van der Waals surface area contributed by atoms with E-state index < -0.39 is 0 Å². The summed E-state index contributed by atoms with van der Waals surface area (Å²) in [6, 6.07) is 22.0. The lowest BCUT2D eigenvalue weighted by Crippen LogP contribution is -2.08. The molecule has 0 bridgehead atoms. The molecule has 0 spiro atoms. The third-order valence-corrected chi connectivity index (χ3v) is 5.49. The summed E-state index contributed by atoms with van der Waals surface area (Å²) in [5.74, 6) is 0. The molecule has 7 nitrogen and oxygen atoms in total. The van der Waals surface area contributed by atoms with Crippen LogP contribution in [0.4, 0.5) is 0 Å². The predicted octanol–water partition coefficient (Wildman–Crippen LogP) is 5.35.